The van der Waals surface area contributed by atoms with Gasteiger partial charge in [0.15, 0.2) is 0 Å². The van der Waals surface area contributed by atoms with Crippen LogP contribution in [0.5, 0.6) is 0 Å². The van der Waals surface area contributed by atoms with Crippen LogP contribution >= 0.6 is 27.5 Å². The number of benzene rings is 1. The molecule has 290 valence electrons. The molecular formula is C37H61BrClN5O7. The second-order valence-electron chi connectivity index (χ2n) is 14.2. The van der Waals surface area contributed by atoms with Crippen LogP contribution in [0.25, 0.3) is 0 Å². The molecule has 51 heavy (non-hydrogen) atoms. The van der Waals surface area contributed by atoms with E-state index < -0.39 is 35.5 Å². The number of amides is 5. The number of carbonyl (C=O) groups excluding carboxylic acids is 5. The largest absolute Gasteiger partial charge is 0.444 e. The van der Waals surface area contributed by atoms with Gasteiger partial charge in [0, 0.05) is 37.2 Å². The Morgan fingerprint density at radius 2 is 1.67 bits per heavy atom. The number of ether oxygens (including phenoxy) is 2. The highest BCUT2D eigenvalue weighted by molar-refractivity contribution is 9.10. The minimum atomic E-state index is -0.934. The van der Waals surface area contributed by atoms with Crippen LogP contribution in [0.1, 0.15) is 79.7 Å². The predicted octanol–water partition coefficient (Wildman–Crippen LogP) is 5.98. The zero-order valence-electron chi connectivity index (χ0n) is 32.5. The van der Waals surface area contributed by atoms with E-state index in [4.69, 9.17) is 21.1 Å². The number of carbonyl (C=O) groups is 5. The van der Waals surface area contributed by atoms with E-state index >= 15 is 0 Å². The summed E-state index contributed by atoms with van der Waals surface area (Å²) in [6, 6.07) is 4.79. The van der Waals surface area contributed by atoms with Crippen LogP contribution in [0.3, 0.4) is 0 Å². The monoisotopic (exact) mass is 801 g/mol. The molecule has 1 fully saturated rings. The highest BCUT2D eigenvalue weighted by Crippen LogP contribution is 2.19. The number of likely N-dealkylation sites (N-methyl/N-ethyl adjacent to an activating group) is 3. The Kier molecular flexibility index (Phi) is 23.4. The molecule has 14 heteroatoms. The maximum Gasteiger partial charge on any atom is 0.408 e. The fourth-order valence-corrected chi connectivity index (χ4v) is 4.04. The first-order valence-corrected chi connectivity index (χ1v) is 18.4. The number of alkyl carbamates (subject to hydrolysis) is 1. The highest BCUT2D eigenvalue weighted by atomic mass is 79.9. The molecule has 1 unspecified atom stereocenters. The highest BCUT2D eigenvalue weighted by Gasteiger charge is 2.28. The van der Waals surface area contributed by atoms with E-state index in [0.717, 1.165) is 21.0 Å². The quantitative estimate of drug-likeness (QED) is 0.359. The Balaban J connectivity index is 0.00000126. The van der Waals surface area contributed by atoms with Crippen molar-refractivity contribution < 1.29 is 33.4 Å². The van der Waals surface area contributed by atoms with E-state index in [2.05, 4.69) is 47.3 Å². The number of nitrogens with one attached hydrogen (secondary N) is 2. The molecule has 2 N–H and O–H groups in total. The van der Waals surface area contributed by atoms with Crippen molar-refractivity contribution in [2.45, 2.75) is 92.7 Å². The topological polar surface area (TPSA) is 138 Å². The maximum absolute atomic E-state index is 12.9. The lowest BCUT2D eigenvalue weighted by Gasteiger charge is -2.28. The van der Waals surface area contributed by atoms with Crippen LogP contribution in [-0.4, -0.2) is 117 Å². The number of halogens is 2. The lowest BCUT2D eigenvalue weighted by atomic mass is 10.1. The van der Waals surface area contributed by atoms with E-state index in [0.29, 0.717) is 19.8 Å². The van der Waals surface area contributed by atoms with Crippen LogP contribution in [0, 0.1) is 12.8 Å². The van der Waals surface area contributed by atoms with Crippen molar-refractivity contribution in [1.29, 1.82) is 0 Å². The second kappa shape index (κ2) is 24.9. The summed E-state index contributed by atoms with van der Waals surface area (Å²) < 4.78 is 11.8. The minimum Gasteiger partial charge on any atom is -0.444 e. The minimum absolute atomic E-state index is 0.137. The third-order valence-electron chi connectivity index (χ3n) is 6.65. The zero-order valence-corrected chi connectivity index (χ0v) is 34.8. The molecule has 0 saturated heterocycles. The van der Waals surface area contributed by atoms with Crippen molar-refractivity contribution >= 4 is 57.3 Å². The van der Waals surface area contributed by atoms with Crippen molar-refractivity contribution in [2.75, 3.05) is 60.5 Å². The number of nitrogens with zero attached hydrogens (tertiary/aromatic N) is 3. The molecule has 1 aromatic carbocycles. The molecule has 12 nitrogen and oxygen atoms in total. The van der Waals surface area contributed by atoms with Crippen LogP contribution in [0.4, 0.5) is 4.79 Å². The Morgan fingerprint density at radius 3 is 2.18 bits per heavy atom. The van der Waals surface area contributed by atoms with Crippen molar-refractivity contribution in [1.82, 2.24) is 25.3 Å². The number of rotatable bonds is 3. The molecule has 0 bridgehead atoms. The smallest absolute Gasteiger partial charge is 0.408 e. The van der Waals surface area contributed by atoms with Gasteiger partial charge >= 0.3 is 6.09 Å². The summed E-state index contributed by atoms with van der Waals surface area (Å²) in [5.41, 5.74) is 1.29. The van der Waals surface area contributed by atoms with Gasteiger partial charge in [-0.3, -0.25) is 19.2 Å². The van der Waals surface area contributed by atoms with Gasteiger partial charge in [-0.05, 0) is 70.7 Å². The van der Waals surface area contributed by atoms with Crippen molar-refractivity contribution in [3.8, 4) is 0 Å². The first-order valence-electron chi connectivity index (χ1n) is 17.3. The molecule has 2 aliphatic rings. The molecule has 1 aliphatic heterocycles. The molecular weight excluding hydrogens is 742 g/mol. The molecule has 1 aliphatic carbocycles. The summed E-state index contributed by atoms with van der Waals surface area (Å²) in [6.07, 6.45) is 5.71. The van der Waals surface area contributed by atoms with E-state index in [1.165, 1.54) is 53.6 Å². The Morgan fingerprint density at radius 1 is 1.08 bits per heavy atom. The summed E-state index contributed by atoms with van der Waals surface area (Å²) in [6.45, 7) is 15.6. The molecule has 1 aromatic rings. The average Bonchev–Trinajstić information content (AvgIpc) is 3.91. The number of aryl methyl sites for hydroxylation is 1. The van der Waals surface area contributed by atoms with Crippen molar-refractivity contribution in [3.63, 3.8) is 0 Å². The second-order valence-corrected chi connectivity index (χ2v) is 15.5. The normalized spacial score (nSPS) is 18.3. The van der Waals surface area contributed by atoms with Gasteiger partial charge in [0.2, 0.25) is 23.6 Å². The Bertz CT molecular complexity index is 1290. The van der Waals surface area contributed by atoms with Gasteiger partial charge in [-0.25, -0.2) is 4.79 Å². The molecule has 5 amide bonds. The first kappa shape index (κ1) is 47.8. The SMILES string of the molecule is C/C1=C\CC(N(C)C(=O)CNC(=O)OC(C)(C)C)C(=O)NCC(=O)N(C)CC(=O)N(C)CCOC1.C1CC1.CC(C)C.Cc1cc(Cl)ccc1Br. The molecule has 0 spiro atoms. The predicted molar refractivity (Wildman–Crippen MR) is 207 cm³/mol. The fraction of sp³-hybridized carbons (Fsp3) is 0.649. The Labute approximate surface area is 319 Å². The van der Waals surface area contributed by atoms with Crippen LogP contribution in [0.15, 0.2) is 34.3 Å². The summed E-state index contributed by atoms with van der Waals surface area (Å²) in [4.78, 5) is 66.1. The Hall–Kier alpha value is -3.16. The summed E-state index contributed by atoms with van der Waals surface area (Å²) in [5.74, 6) is -0.921. The standard InChI is InChI=1S/C23H39N5O7.C7H6BrCl.C4H10.C3H6/c1-16-8-9-17(28(7)19(30)13-25-22(33)35-23(2,3)4)21(32)24-12-18(29)27(6)14-20(31)26(5)10-11-34-15-16;1-5-4-6(9)2-3-7(5)8;1-4(2)3;1-2-3-1/h8,17H,9-15H2,1-7H3,(H,24,32)(H,25,33);2-4H,1H3;4H,1-3H3;1-3H2/b16-8+;;;. The molecule has 1 atom stereocenters. The van der Waals surface area contributed by atoms with E-state index in [1.807, 2.05) is 32.0 Å². The fourth-order valence-electron chi connectivity index (χ4n) is 3.57. The van der Waals surface area contributed by atoms with Crippen LogP contribution in [-0.2, 0) is 28.7 Å². The van der Waals surface area contributed by atoms with Crippen molar-refractivity contribution in [2.24, 2.45) is 5.92 Å². The van der Waals surface area contributed by atoms with E-state index in [9.17, 15) is 24.0 Å². The molecule has 1 saturated carbocycles. The van der Waals surface area contributed by atoms with Crippen LogP contribution < -0.4 is 10.6 Å². The van der Waals surface area contributed by atoms with Gasteiger partial charge in [0.25, 0.3) is 0 Å². The summed E-state index contributed by atoms with van der Waals surface area (Å²) in [5, 5.41) is 5.72. The first-order chi connectivity index (χ1) is 23.6. The van der Waals surface area contributed by atoms with E-state index in [-0.39, 0.29) is 32.0 Å². The third kappa shape index (κ3) is 24.6. The number of hydrogen-bond donors (Lipinski definition) is 2. The van der Waals surface area contributed by atoms with Gasteiger partial charge < -0.3 is 34.8 Å². The molecule has 0 radical (unpaired) electrons. The molecule has 0 aromatic heterocycles. The number of hydrogen-bond acceptors (Lipinski definition) is 7. The van der Waals surface area contributed by atoms with Gasteiger partial charge in [0.05, 0.1) is 26.3 Å². The van der Waals surface area contributed by atoms with E-state index in [1.54, 1.807) is 33.9 Å². The van der Waals surface area contributed by atoms with Crippen LogP contribution in [0.2, 0.25) is 5.02 Å². The van der Waals surface area contributed by atoms with Gasteiger partial charge in [0.1, 0.15) is 18.2 Å². The summed E-state index contributed by atoms with van der Waals surface area (Å²) in [7, 11) is 4.55. The molecule has 1 heterocycles. The van der Waals surface area contributed by atoms with Gasteiger partial charge in [-0.2, -0.15) is 0 Å². The average molecular weight is 803 g/mol. The lowest BCUT2D eigenvalue weighted by Crippen LogP contribution is -2.52. The van der Waals surface area contributed by atoms with Crippen molar-refractivity contribution in [3.05, 3.63) is 44.9 Å². The molecule has 3 rings (SSSR count). The van der Waals surface area contributed by atoms with Gasteiger partial charge in [-0.15, -0.1) is 0 Å². The third-order valence-corrected chi connectivity index (χ3v) is 7.77. The summed E-state index contributed by atoms with van der Waals surface area (Å²) >= 11 is 9.07. The maximum atomic E-state index is 12.9. The van der Waals surface area contributed by atoms with Gasteiger partial charge in [-0.1, -0.05) is 79.2 Å². The lowest BCUT2D eigenvalue weighted by molar-refractivity contribution is -0.141. The zero-order chi connectivity index (χ0) is 39.3.